The van der Waals surface area contributed by atoms with Crippen LogP contribution in [0.4, 0.5) is 0 Å². The van der Waals surface area contributed by atoms with Crippen molar-refractivity contribution >= 4 is 5.97 Å². The van der Waals surface area contributed by atoms with E-state index in [2.05, 4.69) is 0 Å². The number of rotatable bonds is 6. The molecular weight excluding hydrogens is 246 g/mol. The number of esters is 1. The highest BCUT2D eigenvalue weighted by Gasteiger charge is 2.22. The summed E-state index contributed by atoms with van der Waals surface area (Å²) in [7, 11) is 3.06. The van der Waals surface area contributed by atoms with Crippen LogP contribution in [0.5, 0.6) is 11.5 Å². The van der Waals surface area contributed by atoms with Crippen LogP contribution in [0.3, 0.4) is 0 Å². The standard InChI is InChI=1S/C14H17NO4/c1-4-19-14(16)11(9-15)8-10-6-5-7-12(17-2)13(10)18-3/h5-7,11H,4,8H2,1-3H3. The molecule has 102 valence electrons. The van der Waals surface area contributed by atoms with Gasteiger partial charge in [-0.2, -0.15) is 5.26 Å². The fourth-order valence-corrected chi connectivity index (χ4v) is 1.76. The Hall–Kier alpha value is -2.22. The molecule has 0 radical (unpaired) electrons. The minimum absolute atomic E-state index is 0.232. The molecule has 0 heterocycles. The van der Waals surface area contributed by atoms with Crippen LogP contribution < -0.4 is 9.47 Å². The molecule has 0 aliphatic heterocycles. The van der Waals surface area contributed by atoms with Crippen molar-refractivity contribution in [3.63, 3.8) is 0 Å². The molecule has 19 heavy (non-hydrogen) atoms. The molecule has 1 aromatic rings. The third kappa shape index (κ3) is 3.62. The Bertz CT molecular complexity index is 479. The van der Waals surface area contributed by atoms with E-state index in [-0.39, 0.29) is 13.0 Å². The molecule has 0 N–H and O–H groups in total. The summed E-state index contributed by atoms with van der Waals surface area (Å²) in [6.07, 6.45) is 0.232. The van der Waals surface area contributed by atoms with Gasteiger partial charge in [0.25, 0.3) is 0 Å². The molecule has 0 fully saturated rings. The van der Waals surface area contributed by atoms with Crippen molar-refractivity contribution in [2.24, 2.45) is 5.92 Å². The normalized spacial score (nSPS) is 11.3. The Morgan fingerprint density at radius 1 is 1.37 bits per heavy atom. The summed E-state index contributed by atoms with van der Waals surface area (Å²) in [6.45, 7) is 1.96. The van der Waals surface area contributed by atoms with Crippen molar-refractivity contribution in [1.29, 1.82) is 5.26 Å². The molecule has 0 aromatic heterocycles. The van der Waals surface area contributed by atoms with Gasteiger partial charge in [-0.3, -0.25) is 4.79 Å². The van der Waals surface area contributed by atoms with E-state index >= 15 is 0 Å². The molecular formula is C14H17NO4. The second-order valence-electron chi connectivity index (χ2n) is 3.79. The number of carbonyl (C=O) groups excluding carboxylic acids is 1. The molecule has 0 saturated heterocycles. The number of carbonyl (C=O) groups is 1. The van der Waals surface area contributed by atoms with Gasteiger partial charge in [0, 0.05) is 6.42 Å². The summed E-state index contributed by atoms with van der Waals surface area (Å²) >= 11 is 0. The van der Waals surface area contributed by atoms with Gasteiger partial charge >= 0.3 is 5.97 Å². The van der Waals surface area contributed by atoms with E-state index in [4.69, 9.17) is 19.5 Å². The molecule has 0 spiro atoms. The average molecular weight is 263 g/mol. The second kappa shape index (κ2) is 7.27. The maximum Gasteiger partial charge on any atom is 0.323 e. The maximum atomic E-state index is 11.6. The van der Waals surface area contributed by atoms with Crippen molar-refractivity contribution in [2.45, 2.75) is 13.3 Å². The SMILES string of the molecule is CCOC(=O)C(C#N)Cc1cccc(OC)c1OC. The molecule has 1 atom stereocenters. The lowest BCUT2D eigenvalue weighted by Crippen LogP contribution is -2.18. The van der Waals surface area contributed by atoms with E-state index < -0.39 is 11.9 Å². The summed E-state index contributed by atoms with van der Waals surface area (Å²) in [5.74, 6) is -0.258. The van der Waals surface area contributed by atoms with Crippen molar-refractivity contribution < 1.29 is 19.0 Å². The summed E-state index contributed by atoms with van der Waals surface area (Å²) in [4.78, 5) is 11.6. The van der Waals surface area contributed by atoms with Gasteiger partial charge in [-0.1, -0.05) is 12.1 Å². The third-order valence-corrected chi connectivity index (χ3v) is 2.64. The predicted molar refractivity (Wildman–Crippen MR) is 69.0 cm³/mol. The largest absolute Gasteiger partial charge is 0.493 e. The summed E-state index contributed by atoms with van der Waals surface area (Å²) in [5, 5.41) is 9.05. The van der Waals surface area contributed by atoms with Crippen LogP contribution in [0.1, 0.15) is 12.5 Å². The smallest absolute Gasteiger partial charge is 0.323 e. The first kappa shape index (κ1) is 14.8. The van der Waals surface area contributed by atoms with E-state index in [9.17, 15) is 4.79 Å². The first-order valence-electron chi connectivity index (χ1n) is 5.94. The average Bonchev–Trinajstić information content (AvgIpc) is 2.44. The monoisotopic (exact) mass is 263 g/mol. The quantitative estimate of drug-likeness (QED) is 0.734. The molecule has 5 nitrogen and oxygen atoms in total. The van der Waals surface area contributed by atoms with E-state index in [1.54, 1.807) is 25.1 Å². The number of hydrogen-bond acceptors (Lipinski definition) is 5. The van der Waals surface area contributed by atoms with E-state index in [1.807, 2.05) is 6.07 Å². The number of benzene rings is 1. The third-order valence-electron chi connectivity index (χ3n) is 2.64. The number of nitriles is 1. The molecule has 1 unspecified atom stereocenters. The first-order chi connectivity index (χ1) is 9.17. The lowest BCUT2D eigenvalue weighted by Gasteiger charge is -2.14. The highest BCUT2D eigenvalue weighted by Crippen LogP contribution is 2.32. The van der Waals surface area contributed by atoms with Crippen LogP contribution in [0.2, 0.25) is 0 Å². The van der Waals surface area contributed by atoms with Gasteiger partial charge in [-0.05, 0) is 18.6 Å². The van der Waals surface area contributed by atoms with Gasteiger partial charge in [-0.15, -0.1) is 0 Å². The van der Waals surface area contributed by atoms with Crippen molar-refractivity contribution in [2.75, 3.05) is 20.8 Å². The fourth-order valence-electron chi connectivity index (χ4n) is 1.76. The van der Waals surface area contributed by atoms with Crippen molar-refractivity contribution in [3.8, 4) is 17.6 Å². The first-order valence-corrected chi connectivity index (χ1v) is 5.94. The van der Waals surface area contributed by atoms with E-state index in [0.29, 0.717) is 11.5 Å². The van der Waals surface area contributed by atoms with Crippen LogP contribution in [-0.4, -0.2) is 26.8 Å². The lowest BCUT2D eigenvalue weighted by molar-refractivity contribution is -0.145. The van der Waals surface area contributed by atoms with Crippen molar-refractivity contribution in [3.05, 3.63) is 23.8 Å². The molecule has 0 bridgehead atoms. The number of hydrogen-bond donors (Lipinski definition) is 0. The number of ether oxygens (including phenoxy) is 3. The van der Waals surface area contributed by atoms with Crippen LogP contribution >= 0.6 is 0 Å². The fraction of sp³-hybridized carbons (Fsp3) is 0.429. The molecule has 1 aromatic carbocycles. The Kier molecular flexibility index (Phi) is 5.68. The summed E-state index contributed by atoms with van der Waals surface area (Å²) in [6, 6.07) is 7.30. The maximum absolute atomic E-state index is 11.6. The summed E-state index contributed by atoms with van der Waals surface area (Å²) in [5.41, 5.74) is 0.737. The van der Waals surface area contributed by atoms with E-state index in [0.717, 1.165) is 5.56 Å². The van der Waals surface area contributed by atoms with Gasteiger partial charge in [0.15, 0.2) is 11.5 Å². The molecule has 1 rings (SSSR count). The van der Waals surface area contributed by atoms with E-state index in [1.165, 1.54) is 14.2 Å². The molecule has 0 amide bonds. The van der Waals surface area contributed by atoms with Gasteiger partial charge in [-0.25, -0.2) is 0 Å². The highest BCUT2D eigenvalue weighted by molar-refractivity contribution is 5.75. The molecule has 5 heteroatoms. The van der Waals surface area contributed by atoms with Gasteiger partial charge < -0.3 is 14.2 Å². The Labute approximate surface area is 112 Å². The molecule has 0 aliphatic rings. The second-order valence-corrected chi connectivity index (χ2v) is 3.79. The zero-order chi connectivity index (χ0) is 14.3. The number of para-hydroxylation sites is 1. The summed E-state index contributed by atoms with van der Waals surface area (Å²) < 4.78 is 15.3. The van der Waals surface area contributed by atoms with Crippen LogP contribution in [0, 0.1) is 17.2 Å². The lowest BCUT2D eigenvalue weighted by atomic mass is 9.99. The van der Waals surface area contributed by atoms with Crippen LogP contribution in [0.15, 0.2) is 18.2 Å². The number of nitrogens with zero attached hydrogens (tertiary/aromatic N) is 1. The zero-order valence-electron chi connectivity index (χ0n) is 11.3. The molecule has 0 saturated carbocycles. The minimum atomic E-state index is -0.846. The van der Waals surface area contributed by atoms with Crippen molar-refractivity contribution in [1.82, 2.24) is 0 Å². The number of methoxy groups -OCH3 is 2. The Morgan fingerprint density at radius 3 is 2.63 bits per heavy atom. The predicted octanol–water partition coefficient (Wildman–Crippen LogP) is 1.95. The Morgan fingerprint density at radius 2 is 2.11 bits per heavy atom. The Balaban J connectivity index is 2.98. The van der Waals surface area contributed by atoms with Gasteiger partial charge in [0.1, 0.15) is 5.92 Å². The molecule has 0 aliphatic carbocycles. The van der Waals surface area contributed by atoms with Crippen LogP contribution in [0.25, 0.3) is 0 Å². The highest BCUT2D eigenvalue weighted by atomic mass is 16.5. The van der Waals surface area contributed by atoms with Crippen LogP contribution in [-0.2, 0) is 16.0 Å². The minimum Gasteiger partial charge on any atom is -0.493 e. The topological polar surface area (TPSA) is 68.6 Å². The zero-order valence-corrected chi connectivity index (χ0v) is 11.3. The van der Waals surface area contributed by atoms with Gasteiger partial charge in [0.2, 0.25) is 0 Å². The van der Waals surface area contributed by atoms with Gasteiger partial charge in [0.05, 0.1) is 26.9 Å².